The second kappa shape index (κ2) is 6.16. The number of hydrogen-bond acceptors (Lipinski definition) is 6. The Balaban J connectivity index is 1.48. The van der Waals surface area contributed by atoms with Crippen molar-refractivity contribution in [2.75, 3.05) is 11.1 Å². The fourth-order valence-corrected chi connectivity index (χ4v) is 5.62. The van der Waals surface area contributed by atoms with E-state index in [0.717, 1.165) is 22.0 Å². The van der Waals surface area contributed by atoms with E-state index in [4.69, 9.17) is 5.73 Å². The van der Waals surface area contributed by atoms with Crippen molar-refractivity contribution in [1.29, 1.82) is 0 Å². The lowest BCUT2D eigenvalue weighted by Crippen LogP contribution is -2.47. The maximum absolute atomic E-state index is 14.6. The molecule has 6 rings (SSSR count). The second-order valence-electron chi connectivity index (χ2n) is 8.43. The van der Waals surface area contributed by atoms with Crippen LogP contribution in [0.4, 0.5) is 15.8 Å². The molecule has 30 heavy (non-hydrogen) atoms. The van der Waals surface area contributed by atoms with Crippen LogP contribution in [0.15, 0.2) is 36.7 Å². The van der Waals surface area contributed by atoms with Crippen LogP contribution in [0.1, 0.15) is 17.9 Å². The zero-order valence-corrected chi connectivity index (χ0v) is 15.9. The minimum absolute atomic E-state index is 0.0697. The number of benzene rings is 2. The van der Waals surface area contributed by atoms with Crippen molar-refractivity contribution in [3.05, 3.63) is 48.0 Å². The largest absolute Gasteiger partial charge is 0.396 e. The average Bonchev–Trinajstić information content (AvgIpc) is 3.49. The Morgan fingerprint density at radius 1 is 1.03 bits per heavy atom. The average molecular weight is 408 g/mol. The van der Waals surface area contributed by atoms with E-state index in [-0.39, 0.29) is 29.5 Å². The third-order valence-corrected chi connectivity index (χ3v) is 6.97. The molecule has 4 aromatic rings. The maximum atomic E-state index is 14.6. The summed E-state index contributed by atoms with van der Waals surface area (Å²) in [6.07, 6.45) is 2.31. The van der Waals surface area contributed by atoms with Crippen LogP contribution in [0.5, 0.6) is 0 Å². The lowest BCUT2D eigenvalue weighted by atomic mass is 9.75. The molecule has 2 aliphatic rings. The highest BCUT2D eigenvalue weighted by atomic mass is 19.1. The number of nitrogen functional groups attached to an aromatic ring is 1. The summed E-state index contributed by atoms with van der Waals surface area (Å²) in [6.45, 7) is 0. The van der Waals surface area contributed by atoms with Crippen LogP contribution in [0.25, 0.3) is 21.8 Å². The lowest BCUT2D eigenvalue weighted by Gasteiger charge is -2.38. The molecule has 0 aliphatic heterocycles. The predicted octanol–water partition coefficient (Wildman–Crippen LogP) is 2.10. The van der Waals surface area contributed by atoms with Gasteiger partial charge in [0.2, 0.25) is 0 Å². The number of fused-ring (bicyclic) bond motifs is 4. The van der Waals surface area contributed by atoms with Gasteiger partial charge in [0.05, 0.1) is 41.3 Å². The number of aromatic amines is 2. The van der Waals surface area contributed by atoms with Crippen LogP contribution in [0.3, 0.4) is 0 Å². The van der Waals surface area contributed by atoms with Crippen LogP contribution >= 0.6 is 0 Å². The first-order valence-corrected chi connectivity index (χ1v) is 9.99. The number of halogens is 1. The van der Waals surface area contributed by atoms with Gasteiger partial charge in [-0.25, -0.2) is 4.39 Å². The Hall–Kier alpha value is -3.17. The number of anilines is 2. The number of rotatable bonds is 3. The van der Waals surface area contributed by atoms with Gasteiger partial charge in [-0.2, -0.15) is 10.2 Å². The maximum Gasteiger partial charge on any atom is 0.148 e. The lowest BCUT2D eigenvalue weighted by molar-refractivity contribution is -0.0263. The van der Waals surface area contributed by atoms with E-state index >= 15 is 0 Å². The second-order valence-corrected chi connectivity index (χ2v) is 8.43. The first-order chi connectivity index (χ1) is 14.5. The predicted molar refractivity (Wildman–Crippen MR) is 110 cm³/mol. The highest BCUT2D eigenvalue weighted by molar-refractivity contribution is 5.88. The van der Waals surface area contributed by atoms with Crippen molar-refractivity contribution in [1.82, 2.24) is 20.4 Å². The number of H-pyrrole nitrogens is 2. The molecule has 2 aliphatic carbocycles. The molecule has 2 fully saturated rings. The molecule has 2 aromatic carbocycles. The van der Waals surface area contributed by atoms with Gasteiger partial charge in [0.15, 0.2) is 0 Å². The van der Waals surface area contributed by atoms with E-state index < -0.39 is 18.0 Å². The Kier molecular flexibility index (Phi) is 3.63. The van der Waals surface area contributed by atoms with Crippen molar-refractivity contribution < 1.29 is 14.6 Å². The monoisotopic (exact) mass is 408 g/mol. The van der Waals surface area contributed by atoms with E-state index in [1.807, 2.05) is 18.2 Å². The van der Waals surface area contributed by atoms with Gasteiger partial charge >= 0.3 is 0 Å². The zero-order chi connectivity index (χ0) is 20.6. The molecular formula is C21H21FN6O2. The SMILES string of the molecule is Nc1c(F)cc2[nH]ncc2c1[C@H]1C2CC(C(O)C2O)[C@H]1Nc1ccc2[nH]ncc2c1. The molecule has 0 amide bonds. The normalized spacial score (nSPS) is 30.5. The third-order valence-electron chi connectivity index (χ3n) is 6.97. The summed E-state index contributed by atoms with van der Waals surface area (Å²) < 4.78 is 14.6. The summed E-state index contributed by atoms with van der Waals surface area (Å²) in [5.74, 6) is -1.20. The minimum atomic E-state index is -0.876. The van der Waals surface area contributed by atoms with Gasteiger partial charge < -0.3 is 21.3 Å². The molecule has 9 heteroatoms. The van der Waals surface area contributed by atoms with Gasteiger partial charge in [-0.1, -0.05) is 0 Å². The van der Waals surface area contributed by atoms with Crippen LogP contribution < -0.4 is 11.1 Å². The summed E-state index contributed by atoms with van der Waals surface area (Å²) in [5.41, 5.74) is 9.28. The molecule has 6 atom stereocenters. The van der Waals surface area contributed by atoms with Crippen molar-refractivity contribution >= 4 is 33.2 Å². The Morgan fingerprint density at radius 3 is 2.67 bits per heavy atom. The quantitative estimate of drug-likeness (QED) is 0.287. The number of hydrogen-bond donors (Lipinski definition) is 6. The van der Waals surface area contributed by atoms with Gasteiger partial charge in [0, 0.05) is 40.4 Å². The Morgan fingerprint density at radius 2 is 1.80 bits per heavy atom. The molecule has 0 radical (unpaired) electrons. The standard InChI is InChI=1S/C21H21FN6O2/c22-13-5-15-12(7-25-28-15)16(18(13)23)17-10-4-11(21(30)20(10)29)19(17)26-9-1-2-14-8(3-9)6-24-27-14/h1-3,5-7,10-11,17,19-21,26,29-30H,4,23H2,(H,24,27)(H,25,28)/t10?,11?,17-,19-,20?,21?/m1/s1. The van der Waals surface area contributed by atoms with Gasteiger partial charge in [-0.3, -0.25) is 10.2 Å². The van der Waals surface area contributed by atoms with Gasteiger partial charge in [-0.15, -0.1) is 0 Å². The summed E-state index contributed by atoms with van der Waals surface area (Å²) in [5, 5.41) is 40.3. The van der Waals surface area contributed by atoms with Gasteiger partial charge in [0.1, 0.15) is 5.82 Å². The first-order valence-electron chi connectivity index (χ1n) is 9.99. The van der Waals surface area contributed by atoms with Gasteiger partial charge in [0.25, 0.3) is 0 Å². The molecule has 2 heterocycles. The topological polar surface area (TPSA) is 136 Å². The van der Waals surface area contributed by atoms with E-state index in [0.29, 0.717) is 17.5 Å². The number of aromatic nitrogens is 4. The summed E-state index contributed by atoms with van der Waals surface area (Å²) in [4.78, 5) is 0. The number of aliphatic hydroxyl groups is 2. The van der Waals surface area contributed by atoms with Crippen LogP contribution in [-0.2, 0) is 0 Å². The molecule has 0 saturated heterocycles. The van der Waals surface area contributed by atoms with E-state index in [9.17, 15) is 14.6 Å². The summed E-state index contributed by atoms with van der Waals surface area (Å²) in [7, 11) is 0. The van der Waals surface area contributed by atoms with E-state index in [1.54, 1.807) is 12.4 Å². The highest BCUT2D eigenvalue weighted by Gasteiger charge is 2.58. The summed E-state index contributed by atoms with van der Waals surface area (Å²) in [6, 6.07) is 6.97. The summed E-state index contributed by atoms with van der Waals surface area (Å²) >= 11 is 0. The van der Waals surface area contributed by atoms with Gasteiger partial charge in [-0.05, 0) is 36.1 Å². The molecule has 2 saturated carbocycles. The molecular weight excluding hydrogens is 387 g/mol. The smallest absolute Gasteiger partial charge is 0.148 e. The number of nitrogens with zero attached hydrogens (tertiary/aromatic N) is 2. The Bertz CT molecular complexity index is 1270. The third kappa shape index (κ3) is 2.33. The fraction of sp³-hybridized carbons (Fsp3) is 0.333. The van der Waals surface area contributed by atoms with Crippen LogP contribution in [0.2, 0.25) is 0 Å². The molecule has 8 nitrogen and oxygen atoms in total. The van der Waals surface area contributed by atoms with Crippen LogP contribution in [0, 0.1) is 17.7 Å². The molecule has 2 bridgehead atoms. The molecule has 154 valence electrons. The van der Waals surface area contributed by atoms with Crippen molar-refractivity contribution in [2.24, 2.45) is 11.8 Å². The zero-order valence-electron chi connectivity index (χ0n) is 15.9. The molecule has 0 spiro atoms. The molecule has 7 N–H and O–H groups in total. The Labute approximate surface area is 170 Å². The number of nitrogens with two attached hydrogens (primary N) is 1. The minimum Gasteiger partial charge on any atom is -0.396 e. The van der Waals surface area contributed by atoms with E-state index in [2.05, 4.69) is 25.7 Å². The first kappa shape index (κ1) is 17.7. The molecule has 2 aromatic heterocycles. The molecule has 4 unspecified atom stereocenters. The van der Waals surface area contributed by atoms with Crippen molar-refractivity contribution in [3.63, 3.8) is 0 Å². The number of nitrogens with one attached hydrogen (secondary N) is 3. The van der Waals surface area contributed by atoms with Crippen molar-refractivity contribution in [2.45, 2.75) is 30.6 Å². The van der Waals surface area contributed by atoms with Crippen LogP contribution in [-0.4, -0.2) is 48.9 Å². The fourth-order valence-electron chi connectivity index (χ4n) is 5.62. The van der Waals surface area contributed by atoms with E-state index in [1.165, 1.54) is 6.07 Å². The number of aliphatic hydroxyl groups excluding tert-OH is 2. The highest BCUT2D eigenvalue weighted by Crippen LogP contribution is 2.56. The van der Waals surface area contributed by atoms with Crippen molar-refractivity contribution in [3.8, 4) is 0 Å².